The first kappa shape index (κ1) is 24.7. The molecule has 0 unspecified atom stereocenters. The molecule has 2 aromatic carbocycles. The fourth-order valence-electron chi connectivity index (χ4n) is 4.46. The van der Waals surface area contributed by atoms with Crippen molar-refractivity contribution in [2.24, 2.45) is 0 Å². The number of rotatable bonds is 10. The molecule has 1 aromatic heterocycles. The Morgan fingerprint density at radius 2 is 1.71 bits per heavy atom. The first-order valence-corrected chi connectivity index (χ1v) is 12.3. The zero-order valence-electron chi connectivity index (χ0n) is 20.6. The molecule has 1 aliphatic heterocycles. The van der Waals surface area contributed by atoms with E-state index in [2.05, 4.69) is 12.1 Å². The summed E-state index contributed by atoms with van der Waals surface area (Å²) in [4.78, 5) is 30.6. The Bertz CT molecular complexity index is 1120. The molecule has 1 atom stereocenters. The number of hydrogen-bond acceptors (Lipinski definition) is 4. The number of carbonyl (C=O) groups is 2. The van der Waals surface area contributed by atoms with Gasteiger partial charge in [-0.15, -0.1) is 0 Å². The number of furan rings is 1. The summed E-state index contributed by atoms with van der Waals surface area (Å²) < 4.78 is 11.6. The van der Waals surface area contributed by atoms with E-state index in [0.29, 0.717) is 31.8 Å². The second-order valence-corrected chi connectivity index (χ2v) is 9.20. The fraction of sp³-hybridized carbons (Fsp3) is 0.379. The standard InChI is InChI=1S/C29H34N2O4/c1-22-9-6-7-13-27(22)29(33)31(19-25-12-8-18-34-25)21-28(32)30(20-26-15-14-23(2)35-26)17-16-24-10-4-3-5-11-24/h3-7,9-11,13-15,25H,8,12,16-21H2,1-2H3/t25-/m1/s1. The molecule has 2 heterocycles. The van der Waals surface area contributed by atoms with E-state index in [1.54, 1.807) is 9.80 Å². The number of ether oxygens (including phenoxy) is 1. The Morgan fingerprint density at radius 3 is 2.40 bits per heavy atom. The second kappa shape index (κ2) is 11.8. The van der Waals surface area contributed by atoms with Crippen molar-refractivity contribution in [1.29, 1.82) is 0 Å². The maximum atomic E-state index is 13.6. The van der Waals surface area contributed by atoms with Gasteiger partial charge in [0.25, 0.3) is 5.91 Å². The Labute approximate surface area is 207 Å². The fourth-order valence-corrected chi connectivity index (χ4v) is 4.46. The average molecular weight is 475 g/mol. The maximum absolute atomic E-state index is 13.6. The van der Waals surface area contributed by atoms with Gasteiger partial charge in [0.15, 0.2) is 0 Å². The van der Waals surface area contributed by atoms with Crippen molar-refractivity contribution in [1.82, 2.24) is 9.80 Å². The summed E-state index contributed by atoms with van der Waals surface area (Å²) >= 11 is 0. The van der Waals surface area contributed by atoms with Crippen LogP contribution in [0.1, 0.15) is 45.8 Å². The SMILES string of the molecule is Cc1ccc(CN(CCc2ccccc2)C(=O)CN(C[C@H]2CCCO2)C(=O)c2ccccc2C)o1. The van der Waals surface area contributed by atoms with Gasteiger partial charge in [0.2, 0.25) is 5.91 Å². The first-order chi connectivity index (χ1) is 17.0. The molecule has 0 saturated carbocycles. The lowest BCUT2D eigenvalue weighted by molar-refractivity contribution is -0.133. The molecule has 0 N–H and O–H groups in total. The third-order valence-corrected chi connectivity index (χ3v) is 6.45. The van der Waals surface area contributed by atoms with Crippen molar-refractivity contribution in [2.45, 2.75) is 45.8 Å². The minimum Gasteiger partial charge on any atom is -0.464 e. The number of carbonyl (C=O) groups excluding carboxylic acids is 2. The summed E-state index contributed by atoms with van der Waals surface area (Å²) in [7, 11) is 0. The van der Waals surface area contributed by atoms with E-state index in [9.17, 15) is 9.59 Å². The van der Waals surface area contributed by atoms with Crippen LogP contribution in [0, 0.1) is 13.8 Å². The monoisotopic (exact) mass is 474 g/mol. The maximum Gasteiger partial charge on any atom is 0.254 e. The Hall–Kier alpha value is -3.38. The number of aryl methyl sites for hydroxylation is 2. The highest BCUT2D eigenvalue weighted by Gasteiger charge is 2.28. The van der Waals surface area contributed by atoms with Crippen LogP contribution >= 0.6 is 0 Å². The van der Waals surface area contributed by atoms with Crippen LogP contribution in [-0.4, -0.2) is 54.0 Å². The molecule has 0 radical (unpaired) electrons. The Kier molecular flexibility index (Phi) is 8.37. The highest BCUT2D eigenvalue weighted by Crippen LogP contribution is 2.18. The third kappa shape index (κ3) is 6.83. The van der Waals surface area contributed by atoms with Crippen LogP contribution in [0.15, 0.2) is 71.1 Å². The molecule has 3 aromatic rings. The molecule has 0 spiro atoms. The summed E-state index contributed by atoms with van der Waals surface area (Å²) in [6.07, 6.45) is 2.56. The smallest absolute Gasteiger partial charge is 0.254 e. The van der Waals surface area contributed by atoms with Crippen LogP contribution in [0.2, 0.25) is 0 Å². The zero-order chi connectivity index (χ0) is 24.6. The lowest BCUT2D eigenvalue weighted by Gasteiger charge is -2.29. The van der Waals surface area contributed by atoms with Gasteiger partial charge in [0.1, 0.15) is 18.1 Å². The molecular weight excluding hydrogens is 440 g/mol. The molecular formula is C29H34N2O4. The number of nitrogens with zero attached hydrogens (tertiary/aromatic N) is 2. The van der Waals surface area contributed by atoms with Crippen LogP contribution < -0.4 is 0 Å². The second-order valence-electron chi connectivity index (χ2n) is 9.20. The van der Waals surface area contributed by atoms with Crippen molar-refractivity contribution in [3.63, 3.8) is 0 Å². The molecule has 6 heteroatoms. The van der Waals surface area contributed by atoms with Gasteiger partial charge in [-0.2, -0.15) is 0 Å². The molecule has 6 nitrogen and oxygen atoms in total. The van der Waals surface area contributed by atoms with Crippen molar-refractivity contribution in [2.75, 3.05) is 26.2 Å². The van der Waals surface area contributed by atoms with Crippen LogP contribution in [0.3, 0.4) is 0 Å². The molecule has 0 bridgehead atoms. The minimum atomic E-state index is -0.135. The van der Waals surface area contributed by atoms with Gasteiger partial charge < -0.3 is 19.0 Å². The van der Waals surface area contributed by atoms with Gasteiger partial charge >= 0.3 is 0 Å². The quantitative estimate of drug-likeness (QED) is 0.424. The van der Waals surface area contributed by atoms with Crippen molar-refractivity contribution in [3.05, 3.63) is 94.9 Å². The average Bonchev–Trinajstić information content (AvgIpc) is 3.53. The highest BCUT2D eigenvalue weighted by atomic mass is 16.5. The van der Waals surface area contributed by atoms with E-state index < -0.39 is 0 Å². The van der Waals surface area contributed by atoms with Gasteiger partial charge in [-0.25, -0.2) is 0 Å². The predicted molar refractivity (Wildman–Crippen MR) is 135 cm³/mol. The summed E-state index contributed by atoms with van der Waals surface area (Å²) in [5, 5.41) is 0. The number of benzene rings is 2. The molecule has 0 aliphatic carbocycles. The normalized spacial score (nSPS) is 15.2. The Balaban J connectivity index is 1.52. The zero-order valence-corrected chi connectivity index (χ0v) is 20.6. The van der Waals surface area contributed by atoms with Gasteiger partial charge in [-0.1, -0.05) is 48.5 Å². The van der Waals surface area contributed by atoms with E-state index in [4.69, 9.17) is 9.15 Å². The lowest BCUT2D eigenvalue weighted by atomic mass is 10.1. The highest BCUT2D eigenvalue weighted by molar-refractivity contribution is 5.97. The van der Waals surface area contributed by atoms with Crippen molar-refractivity contribution in [3.8, 4) is 0 Å². The van der Waals surface area contributed by atoms with Crippen LogP contribution in [-0.2, 0) is 22.5 Å². The molecule has 35 heavy (non-hydrogen) atoms. The molecule has 1 aliphatic rings. The topological polar surface area (TPSA) is 63.0 Å². The number of hydrogen-bond donors (Lipinski definition) is 0. The van der Waals surface area contributed by atoms with Crippen LogP contribution in [0.4, 0.5) is 0 Å². The van der Waals surface area contributed by atoms with E-state index in [-0.39, 0.29) is 24.5 Å². The summed E-state index contributed by atoms with van der Waals surface area (Å²) in [5.74, 6) is 1.31. The van der Waals surface area contributed by atoms with Gasteiger partial charge in [-0.05, 0) is 62.4 Å². The minimum absolute atomic E-state index is 0.00150. The van der Waals surface area contributed by atoms with E-state index in [1.807, 2.05) is 68.4 Å². The van der Waals surface area contributed by atoms with Crippen molar-refractivity contribution >= 4 is 11.8 Å². The molecule has 1 fully saturated rings. The number of amides is 2. The molecule has 4 rings (SSSR count). The predicted octanol–water partition coefficient (Wildman–Crippen LogP) is 4.79. The Morgan fingerprint density at radius 1 is 0.943 bits per heavy atom. The van der Waals surface area contributed by atoms with E-state index >= 15 is 0 Å². The summed E-state index contributed by atoms with van der Waals surface area (Å²) in [6.45, 7) is 5.83. The van der Waals surface area contributed by atoms with E-state index in [1.165, 1.54) is 0 Å². The van der Waals surface area contributed by atoms with E-state index in [0.717, 1.165) is 41.9 Å². The first-order valence-electron chi connectivity index (χ1n) is 12.3. The lowest BCUT2D eigenvalue weighted by Crippen LogP contribution is -2.46. The molecule has 2 amide bonds. The van der Waals surface area contributed by atoms with Crippen LogP contribution in [0.5, 0.6) is 0 Å². The van der Waals surface area contributed by atoms with Gasteiger partial charge in [-0.3, -0.25) is 9.59 Å². The molecule has 184 valence electrons. The summed E-state index contributed by atoms with van der Waals surface area (Å²) in [6, 6.07) is 21.4. The van der Waals surface area contributed by atoms with Gasteiger partial charge in [0.05, 0.1) is 12.6 Å². The van der Waals surface area contributed by atoms with Crippen LogP contribution in [0.25, 0.3) is 0 Å². The van der Waals surface area contributed by atoms with Gasteiger partial charge in [0, 0.05) is 25.3 Å². The third-order valence-electron chi connectivity index (χ3n) is 6.45. The largest absolute Gasteiger partial charge is 0.464 e. The molecule has 1 saturated heterocycles. The summed E-state index contributed by atoms with van der Waals surface area (Å²) in [5.41, 5.74) is 2.68. The van der Waals surface area contributed by atoms with Crippen molar-refractivity contribution < 1.29 is 18.7 Å².